The molecular weight excluding hydrogens is 425 g/mol. The molecule has 2 aromatic rings. The number of nitrogens with zero attached hydrogens (tertiary/aromatic N) is 4. The molecule has 1 unspecified atom stereocenters. The molecular formula is C20H26FN5O4S. The Balaban J connectivity index is 2.06. The molecule has 0 bridgehead atoms. The van der Waals surface area contributed by atoms with Crippen LogP contribution in [0.2, 0.25) is 0 Å². The number of aromatic nitrogens is 1. The molecule has 0 aliphatic heterocycles. The molecule has 9 nitrogen and oxygen atoms in total. The number of hydrogen-bond acceptors (Lipinski definition) is 6. The maximum atomic E-state index is 13.1. The standard InChI is InChI=1S/C20H26FN5O4S/c1-3-11-26(19-10-9-17(21)15-22-19)13-12-25(2)31(29,30)24-18(20(27)23-28)14-16-7-5-4-6-8-16/h4-10,15,18,24H,3,11-14H2,1-2H3. The van der Waals surface area contributed by atoms with Crippen molar-refractivity contribution in [2.24, 2.45) is 5.18 Å². The van der Waals surface area contributed by atoms with E-state index in [4.69, 9.17) is 0 Å². The maximum absolute atomic E-state index is 13.1. The number of amides is 1. The number of pyridine rings is 1. The molecule has 0 fully saturated rings. The SMILES string of the molecule is CCCN(CCN(C)S(=O)(=O)NC(Cc1ccccc1)C(=O)N=O)c1ccc(F)cn1. The van der Waals surface area contributed by atoms with Crippen LogP contribution in [-0.2, 0) is 21.4 Å². The van der Waals surface area contributed by atoms with Crippen LogP contribution in [-0.4, -0.2) is 56.3 Å². The van der Waals surface area contributed by atoms with Crippen molar-refractivity contribution in [1.29, 1.82) is 0 Å². The predicted molar refractivity (Wildman–Crippen MR) is 116 cm³/mol. The maximum Gasteiger partial charge on any atom is 0.304 e. The number of likely N-dealkylation sites (N-methyl/N-ethyl adjacent to an activating group) is 1. The Morgan fingerprint density at radius 3 is 2.45 bits per heavy atom. The highest BCUT2D eigenvalue weighted by Gasteiger charge is 2.28. The lowest BCUT2D eigenvalue weighted by atomic mass is 10.1. The normalized spacial score (nSPS) is 12.5. The summed E-state index contributed by atoms with van der Waals surface area (Å²) in [4.78, 5) is 28.6. The second-order valence-corrected chi connectivity index (χ2v) is 8.75. The fourth-order valence-corrected chi connectivity index (χ4v) is 3.96. The van der Waals surface area contributed by atoms with Crippen molar-refractivity contribution in [2.75, 3.05) is 31.6 Å². The summed E-state index contributed by atoms with van der Waals surface area (Å²) in [7, 11) is -2.71. The molecule has 1 aromatic carbocycles. The average Bonchev–Trinajstić information content (AvgIpc) is 2.76. The minimum Gasteiger partial charge on any atom is -0.355 e. The lowest BCUT2D eigenvalue weighted by Gasteiger charge is -2.27. The summed E-state index contributed by atoms with van der Waals surface area (Å²) >= 11 is 0. The molecule has 2 rings (SSSR count). The first-order valence-corrected chi connectivity index (χ1v) is 11.2. The molecule has 31 heavy (non-hydrogen) atoms. The predicted octanol–water partition coefficient (Wildman–Crippen LogP) is 2.11. The number of nitrogens with one attached hydrogen (secondary N) is 1. The number of hydrogen-bond donors (Lipinski definition) is 1. The van der Waals surface area contributed by atoms with Gasteiger partial charge in [-0.1, -0.05) is 37.3 Å². The van der Waals surface area contributed by atoms with E-state index in [0.717, 1.165) is 16.9 Å². The minimum absolute atomic E-state index is 0.0000570. The molecule has 0 aliphatic rings. The average molecular weight is 452 g/mol. The zero-order chi connectivity index (χ0) is 22.9. The van der Waals surface area contributed by atoms with Gasteiger partial charge in [0.05, 0.1) is 6.20 Å². The summed E-state index contributed by atoms with van der Waals surface area (Å²) in [5.41, 5.74) is 0.686. The smallest absolute Gasteiger partial charge is 0.304 e. The largest absolute Gasteiger partial charge is 0.355 e. The van der Waals surface area contributed by atoms with Gasteiger partial charge in [0.25, 0.3) is 10.2 Å². The summed E-state index contributed by atoms with van der Waals surface area (Å²) in [6, 6.07) is 10.2. The molecule has 1 N–H and O–H groups in total. The quantitative estimate of drug-likeness (QED) is 0.495. The Morgan fingerprint density at radius 2 is 1.87 bits per heavy atom. The third kappa shape index (κ3) is 7.46. The lowest BCUT2D eigenvalue weighted by molar-refractivity contribution is -0.119. The molecule has 0 saturated carbocycles. The van der Waals surface area contributed by atoms with E-state index in [1.54, 1.807) is 30.3 Å². The van der Waals surface area contributed by atoms with Gasteiger partial charge in [-0.3, -0.25) is 4.79 Å². The van der Waals surface area contributed by atoms with Crippen LogP contribution in [0, 0.1) is 10.7 Å². The molecule has 1 heterocycles. The van der Waals surface area contributed by atoms with E-state index in [-0.39, 0.29) is 13.0 Å². The third-order valence-electron chi connectivity index (χ3n) is 4.59. The van der Waals surface area contributed by atoms with Crippen LogP contribution in [0.1, 0.15) is 18.9 Å². The Labute approximate surface area is 181 Å². The van der Waals surface area contributed by atoms with Crippen LogP contribution >= 0.6 is 0 Å². The van der Waals surface area contributed by atoms with E-state index in [1.165, 1.54) is 19.2 Å². The van der Waals surface area contributed by atoms with Crippen molar-refractivity contribution in [3.63, 3.8) is 0 Å². The Bertz CT molecular complexity index is 957. The highest BCUT2D eigenvalue weighted by atomic mass is 32.2. The van der Waals surface area contributed by atoms with Crippen LogP contribution in [0.3, 0.4) is 0 Å². The van der Waals surface area contributed by atoms with Gasteiger partial charge in [0, 0.05) is 31.9 Å². The van der Waals surface area contributed by atoms with Crippen molar-refractivity contribution in [2.45, 2.75) is 25.8 Å². The molecule has 168 valence electrons. The van der Waals surface area contributed by atoms with Gasteiger partial charge in [-0.05, 0) is 30.5 Å². The van der Waals surface area contributed by atoms with Gasteiger partial charge in [-0.25, -0.2) is 9.37 Å². The third-order valence-corrected chi connectivity index (χ3v) is 6.17. The summed E-state index contributed by atoms with van der Waals surface area (Å²) in [6.07, 6.45) is 1.89. The Hall–Kier alpha value is -2.76. The molecule has 0 aliphatic carbocycles. The van der Waals surface area contributed by atoms with Crippen LogP contribution in [0.15, 0.2) is 53.8 Å². The highest BCUT2D eigenvalue weighted by molar-refractivity contribution is 7.87. The monoisotopic (exact) mass is 451 g/mol. The number of anilines is 1. The molecule has 0 saturated heterocycles. The zero-order valence-electron chi connectivity index (χ0n) is 17.4. The van der Waals surface area contributed by atoms with Gasteiger partial charge in [0.2, 0.25) is 0 Å². The molecule has 1 aromatic heterocycles. The molecule has 1 amide bonds. The van der Waals surface area contributed by atoms with E-state index in [9.17, 15) is 22.5 Å². The number of nitroso groups, excluding NO2 is 1. The van der Waals surface area contributed by atoms with Crippen LogP contribution in [0.25, 0.3) is 0 Å². The topological polar surface area (TPSA) is 112 Å². The van der Waals surface area contributed by atoms with Crippen molar-refractivity contribution in [3.8, 4) is 0 Å². The van der Waals surface area contributed by atoms with Gasteiger partial charge >= 0.3 is 5.91 Å². The summed E-state index contributed by atoms with van der Waals surface area (Å²) in [5.74, 6) is -1.02. The molecule has 11 heteroatoms. The second-order valence-electron chi connectivity index (χ2n) is 6.94. The van der Waals surface area contributed by atoms with E-state index in [1.807, 2.05) is 11.8 Å². The van der Waals surface area contributed by atoms with E-state index in [0.29, 0.717) is 24.5 Å². The van der Waals surface area contributed by atoms with Gasteiger partial charge in [0.15, 0.2) is 0 Å². The van der Waals surface area contributed by atoms with Gasteiger partial charge in [0.1, 0.15) is 17.7 Å². The van der Waals surface area contributed by atoms with Crippen LogP contribution in [0.4, 0.5) is 10.2 Å². The lowest BCUT2D eigenvalue weighted by Crippen LogP contribution is -2.49. The van der Waals surface area contributed by atoms with Gasteiger partial charge in [-0.2, -0.15) is 17.4 Å². The first kappa shape index (κ1) is 24.5. The fourth-order valence-electron chi connectivity index (χ4n) is 2.91. The van der Waals surface area contributed by atoms with E-state index >= 15 is 0 Å². The highest BCUT2D eigenvalue weighted by Crippen LogP contribution is 2.12. The number of carbonyl (C=O) groups is 1. The van der Waals surface area contributed by atoms with Crippen molar-refractivity contribution in [1.82, 2.24) is 14.0 Å². The fraction of sp³-hybridized carbons (Fsp3) is 0.400. The zero-order valence-corrected chi connectivity index (χ0v) is 18.3. The Kier molecular flexibility index (Phi) is 9.16. The summed E-state index contributed by atoms with van der Waals surface area (Å²) in [5, 5.41) is 2.39. The van der Waals surface area contributed by atoms with Crippen LogP contribution < -0.4 is 9.62 Å². The minimum atomic E-state index is -4.08. The van der Waals surface area contributed by atoms with Crippen molar-refractivity contribution < 1.29 is 17.6 Å². The van der Waals surface area contributed by atoms with Gasteiger partial charge < -0.3 is 4.90 Å². The van der Waals surface area contributed by atoms with Crippen molar-refractivity contribution in [3.05, 3.63) is 64.9 Å². The summed E-state index contributed by atoms with van der Waals surface area (Å²) < 4.78 is 41.9. The first-order chi connectivity index (χ1) is 14.8. The molecule has 1 atom stereocenters. The van der Waals surface area contributed by atoms with E-state index < -0.39 is 28.0 Å². The van der Waals surface area contributed by atoms with E-state index in [2.05, 4.69) is 14.9 Å². The van der Waals surface area contributed by atoms with Crippen LogP contribution in [0.5, 0.6) is 0 Å². The number of carbonyl (C=O) groups excluding carboxylic acids is 1. The second kappa shape index (κ2) is 11.6. The number of halogens is 1. The molecule has 0 spiro atoms. The number of benzene rings is 1. The Morgan fingerprint density at radius 1 is 1.16 bits per heavy atom. The molecule has 0 radical (unpaired) electrons. The summed E-state index contributed by atoms with van der Waals surface area (Å²) in [6.45, 7) is 2.94. The van der Waals surface area contributed by atoms with Gasteiger partial charge in [-0.15, -0.1) is 4.91 Å². The van der Waals surface area contributed by atoms with Crippen molar-refractivity contribution >= 4 is 21.9 Å². The first-order valence-electron chi connectivity index (χ1n) is 9.78. The number of rotatable bonds is 12.